The summed E-state index contributed by atoms with van der Waals surface area (Å²) in [5.41, 5.74) is 0.363. The van der Waals surface area contributed by atoms with E-state index in [0.29, 0.717) is 18.2 Å². The van der Waals surface area contributed by atoms with Gasteiger partial charge in [0.2, 0.25) is 10.0 Å². The summed E-state index contributed by atoms with van der Waals surface area (Å²) in [6.45, 7) is 12.7. The van der Waals surface area contributed by atoms with Crippen LogP contribution in [-0.2, 0) is 14.8 Å². The number of ether oxygens (including phenoxy) is 2. The smallest absolute Gasteiger partial charge is 0.258 e. The van der Waals surface area contributed by atoms with Gasteiger partial charge in [-0.25, -0.2) is 27.5 Å². The highest BCUT2D eigenvalue weighted by molar-refractivity contribution is 7.88. The van der Waals surface area contributed by atoms with Gasteiger partial charge in [-0.2, -0.15) is 0 Å². The number of nitrogens with zero attached hydrogens (tertiary/aromatic N) is 5. The van der Waals surface area contributed by atoms with Gasteiger partial charge in [0, 0.05) is 43.2 Å². The molecule has 0 bridgehead atoms. The Morgan fingerprint density at radius 3 is 2.48 bits per heavy atom. The molecule has 3 saturated heterocycles. The fourth-order valence-electron chi connectivity index (χ4n) is 6.77. The Bertz CT molecular complexity index is 1410. The third kappa shape index (κ3) is 7.67. The standard InChI is InChI=1S/C31H45FN6O5S/c1-21(2)38(22(3)4)30(39)26-14-23(32)6-9-27(26)43-28-15-33-20-34-29(28)37-18-31(19-37)10-12-36(13-11-31)16-25-8-7-24(17-42-25)35-44(5,40)41/h6,9,14-15,20-22,24-25,35H,7-8,10-13,16-19H2,1-5H3/t24-,25+/m0/s1. The quantitative estimate of drug-likeness (QED) is 0.419. The third-order valence-corrected chi connectivity index (χ3v) is 9.64. The van der Waals surface area contributed by atoms with Crippen molar-refractivity contribution in [3.8, 4) is 11.5 Å². The highest BCUT2D eigenvalue weighted by atomic mass is 32.2. The van der Waals surface area contributed by atoms with Gasteiger partial charge in [-0.15, -0.1) is 0 Å². The van der Waals surface area contributed by atoms with E-state index in [1.807, 2.05) is 27.7 Å². The summed E-state index contributed by atoms with van der Waals surface area (Å²) in [7, 11) is -3.23. The van der Waals surface area contributed by atoms with Crippen LogP contribution in [0.5, 0.6) is 11.5 Å². The van der Waals surface area contributed by atoms with E-state index in [0.717, 1.165) is 58.4 Å². The summed E-state index contributed by atoms with van der Waals surface area (Å²) in [6.07, 6.45) is 8.14. The molecule has 0 saturated carbocycles. The van der Waals surface area contributed by atoms with Gasteiger partial charge in [0.05, 0.1) is 30.7 Å². The maximum atomic E-state index is 14.3. The van der Waals surface area contributed by atoms with Crippen LogP contribution in [0.3, 0.4) is 0 Å². The van der Waals surface area contributed by atoms with Gasteiger partial charge in [0.15, 0.2) is 11.6 Å². The van der Waals surface area contributed by atoms with Crippen LogP contribution < -0.4 is 14.4 Å². The molecule has 5 rings (SSSR count). The maximum Gasteiger partial charge on any atom is 0.258 e. The molecule has 1 aromatic heterocycles. The molecule has 1 N–H and O–H groups in total. The molecule has 4 heterocycles. The summed E-state index contributed by atoms with van der Waals surface area (Å²) in [6, 6.07) is 3.74. The second-order valence-electron chi connectivity index (χ2n) is 13.1. The van der Waals surface area contributed by atoms with Gasteiger partial charge in [-0.05, 0) is 84.7 Å². The Morgan fingerprint density at radius 2 is 1.86 bits per heavy atom. The van der Waals surface area contributed by atoms with Crippen LogP contribution in [0.25, 0.3) is 0 Å². The van der Waals surface area contributed by atoms with Crippen LogP contribution in [0, 0.1) is 11.2 Å². The minimum absolute atomic E-state index is 0.0651. The van der Waals surface area contributed by atoms with E-state index in [1.165, 1.54) is 30.8 Å². The van der Waals surface area contributed by atoms with Gasteiger partial charge in [0.1, 0.15) is 17.9 Å². The molecule has 3 fully saturated rings. The van der Waals surface area contributed by atoms with Crippen LogP contribution in [0.1, 0.15) is 63.7 Å². The summed E-state index contributed by atoms with van der Waals surface area (Å²) in [4.78, 5) is 28.5. The lowest BCUT2D eigenvalue weighted by Gasteiger charge is -2.54. The number of hydrogen-bond acceptors (Lipinski definition) is 9. The number of aromatic nitrogens is 2. The van der Waals surface area contributed by atoms with Crippen molar-refractivity contribution in [2.45, 2.75) is 77.6 Å². The van der Waals surface area contributed by atoms with Gasteiger partial charge >= 0.3 is 0 Å². The molecule has 11 nitrogen and oxygen atoms in total. The summed E-state index contributed by atoms with van der Waals surface area (Å²) >= 11 is 0. The second-order valence-corrected chi connectivity index (χ2v) is 14.9. The number of hydrogen-bond donors (Lipinski definition) is 1. The number of anilines is 1. The summed E-state index contributed by atoms with van der Waals surface area (Å²) in [5.74, 6) is 0.566. The molecule has 242 valence electrons. The predicted molar refractivity (Wildman–Crippen MR) is 166 cm³/mol. The lowest BCUT2D eigenvalue weighted by atomic mass is 9.72. The van der Waals surface area contributed by atoms with Crippen LogP contribution in [0.4, 0.5) is 10.2 Å². The van der Waals surface area contributed by atoms with E-state index in [1.54, 1.807) is 11.1 Å². The molecular weight excluding hydrogens is 587 g/mol. The third-order valence-electron chi connectivity index (χ3n) is 8.88. The molecule has 1 amide bonds. The number of carbonyl (C=O) groups is 1. The minimum atomic E-state index is -3.23. The van der Waals surface area contributed by atoms with Crippen LogP contribution in [0.15, 0.2) is 30.7 Å². The number of likely N-dealkylation sites (tertiary alicyclic amines) is 1. The zero-order chi connectivity index (χ0) is 31.6. The molecule has 1 aromatic carbocycles. The van der Waals surface area contributed by atoms with Crippen molar-refractivity contribution in [2.24, 2.45) is 5.41 Å². The topological polar surface area (TPSA) is 117 Å². The second kappa shape index (κ2) is 13.2. The average molecular weight is 633 g/mol. The molecule has 44 heavy (non-hydrogen) atoms. The highest BCUT2D eigenvalue weighted by Gasteiger charge is 2.46. The van der Waals surface area contributed by atoms with Crippen LogP contribution in [-0.4, -0.2) is 104 Å². The number of nitrogens with one attached hydrogen (secondary N) is 1. The number of piperidine rings is 1. The molecule has 1 spiro atoms. The SMILES string of the molecule is CC(C)N(C(=O)c1cc(F)ccc1Oc1cncnc1N1CC2(CCN(C[C@H]3CC[C@H](NS(C)(=O)=O)CO3)CC2)C1)C(C)C. The first kappa shape index (κ1) is 32.5. The molecule has 0 unspecified atom stereocenters. The Labute approximate surface area is 260 Å². The van der Waals surface area contributed by atoms with Gasteiger partial charge in [-0.3, -0.25) is 4.79 Å². The lowest BCUT2D eigenvalue weighted by Crippen LogP contribution is -2.61. The first-order valence-electron chi connectivity index (χ1n) is 15.5. The van der Waals surface area contributed by atoms with Gasteiger partial charge in [-0.1, -0.05) is 0 Å². The van der Waals surface area contributed by atoms with E-state index >= 15 is 0 Å². The Balaban J connectivity index is 1.18. The maximum absolute atomic E-state index is 14.3. The molecule has 2 atom stereocenters. The fraction of sp³-hybridized carbons (Fsp3) is 0.645. The number of sulfonamides is 1. The Morgan fingerprint density at radius 1 is 1.16 bits per heavy atom. The van der Waals surface area contributed by atoms with Crippen LogP contribution >= 0.6 is 0 Å². The van der Waals surface area contributed by atoms with Crippen molar-refractivity contribution in [1.29, 1.82) is 0 Å². The summed E-state index contributed by atoms with van der Waals surface area (Å²) < 4.78 is 52.2. The molecule has 2 aromatic rings. The predicted octanol–water partition coefficient (Wildman–Crippen LogP) is 3.67. The summed E-state index contributed by atoms with van der Waals surface area (Å²) in [5, 5.41) is 0. The number of amides is 1. The number of benzene rings is 1. The number of rotatable bonds is 10. The van der Waals surface area contributed by atoms with E-state index in [4.69, 9.17) is 9.47 Å². The van der Waals surface area contributed by atoms with Gasteiger partial charge < -0.3 is 24.2 Å². The molecule has 0 aliphatic carbocycles. The van der Waals surface area contributed by atoms with Gasteiger partial charge in [0.25, 0.3) is 5.91 Å². The number of carbonyl (C=O) groups excluding carboxylic acids is 1. The number of halogens is 1. The molecule has 3 aliphatic rings. The van der Waals surface area contributed by atoms with Crippen molar-refractivity contribution in [3.63, 3.8) is 0 Å². The van der Waals surface area contributed by atoms with Crippen molar-refractivity contribution < 1.29 is 27.1 Å². The van der Waals surface area contributed by atoms with Crippen molar-refractivity contribution in [3.05, 3.63) is 42.1 Å². The van der Waals surface area contributed by atoms with E-state index in [9.17, 15) is 17.6 Å². The Kier molecular flexibility index (Phi) is 9.78. The fourth-order valence-corrected chi connectivity index (χ4v) is 7.57. The normalized spacial score (nSPS) is 22.3. The monoisotopic (exact) mass is 632 g/mol. The van der Waals surface area contributed by atoms with Crippen molar-refractivity contribution in [2.75, 3.05) is 50.5 Å². The van der Waals surface area contributed by atoms with Crippen LogP contribution in [0.2, 0.25) is 0 Å². The molecule has 3 aliphatic heterocycles. The first-order valence-corrected chi connectivity index (χ1v) is 17.4. The lowest BCUT2D eigenvalue weighted by molar-refractivity contribution is -0.0299. The molecular formula is C31H45FN6O5S. The van der Waals surface area contributed by atoms with Crippen molar-refractivity contribution >= 4 is 21.7 Å². The zero-order valence-corrected chi connectivity index (χ0v) is 27.1. The van der Waals surface area contributed by atoms with E-state index in [-0.39, 0.29) is 46.9 Å². The Hall–Kier alpha value is -2.87. The highest BCUT2D eigenvalue weighted by Crippen LogP contribution is 2.45. The molecule has 13 heteroatoms. The van der Waals surface area contributed by atoms with E-state index < -0.39 is 15.8 Å². The first-order chi connectivity index (χ1) is 20.8. The zero-order valence-electron chi connectivity index (χ0n) is 26.3. The molecule has 0 radical (unpaired) electrons. The largest absolute Gasteiger partial charge is 0.451 e. The minimum Gasteiger partial charge on any atom is -0.451 e. The average Bonchev–Trinajstić information content (AvgIpc) is 2.93. The van der Waals surface area contributed by atoms with Crippen molar-refractivity contribution in [1.82, 2.24) is 24.5 Å². The van der Waals surface area contributed by atoms with E-state index in [2.05, 4.69) is 24.5 Å².